The lowest BCUT2D eigenvalue weighted by Gasteiger charge is -2.35. The molecule has 0 unspecified atom stereocenters. The molecule has 0 heterocycles. The Kier molecular flexibility index (Phi) is 14.4. The van der Waals surface area contributed by atoms with Gasteiger partial charge < -0.3 is 40.5 Å². The Morgan fingerprint density at radius 3 is 1.93 bits per heavy atom. The number of halogens is 2. The Bertz CT molecular complexity index is 1080. The van der Waals surface area contributed by atoms with E-state index in [1.807, 2.05) is 0 Å². The summed E-state index contributed by atoms with van der Waals surface area (Å²) in [5.74, 6) is -0.0620. The quantitative estimate of drug-likeness (QED) is 0.0590. The van der Waals surface area contributed by atoms with Crippen molar-refractivity contribution in [3.8, 4) is 0 Å². The molecule has 1 aromatic carbocycles. The highest BCUT2D eigenvalue weighted by atomic mass is 35.5. The van der Waals surface area contributed by atoms with Crippen molar-refractivity contribution < 1.29 is 48.1 Å². The number of carbonyl (C=O) groups excluding carboxylic acids is 2. The van der Waals surface area contributed by atoms with Crippen LogP contribution in [0.15, 0.2) is 24.3 Å². The van der Waals surface area contributed by atoms with Crippen molar-refractivity contribution >= 4 is 56.1 Å². The van der Waals surface area contributed by atoms with Gasteiger partial charge in [0.1, 0.15) is 24.4 Å². The summed E-state index contributed by atoms with van der Waals surface area (Å²) in [5.41, 5.74) is 6.71. The Morgan fingerprint density at radius 2 is 1.49 bits per heavy atom. The van der Waals surface area contributed by atoms with Crippen LogP contribution in [0, 0.1) is 0 Å². The number of hydrogen-bond acceptors (Lipinski definition) is 7. The molecule has 0 aliphatic rings. The molecular weight excluding hydrogens is 623 g/mol. The number of carbonyl (C=O) groups is 2. The largest absolute Gasteiger partial charge is 0.521 e. The second-order valence-corrected chi connectivity index (χ2v) is 15.5. The number of hydrogen-bond donors (Lipinski definition) is 7. The van der Waals surface area contributed by atoms with E-state index in [-0.39, 0.29) is 55.1 Å². The van der Waals surface area contributed by atoms with Crippen LogP contribution in [-0.2, 0) is 25.1 Å². The van der Waals surface area contributed by atoms with Gasteiger partial charge in [0.05, 0.1) is 17.8 Å². The molecule has 41 heavy (non-hydrogen) atoms. The summed E-state index contributed by atoms with van der Waals surface area (Å²) in [4.78, 5) is 62.3. The van der Waals surface area contributed by atoms with Gasteiger partial charge in [-0.05, 0) is 52.0 Å². The molecule has 0 spiro atoms. The molecule has 13 nitrogen and oxygen atoms in total. The molecule has 236 valence electrons. The Balaban J connectivity index is 2.74. The average Bonchev–Trinajstić information content (AvgIpc) is 2.83. The summed E-state index contributed by atoms with van der Waals surface area (Å²) in [7, 11) is -11.0. The number of ether oxygens (including phenoxy) is 1. The predicted molar refractivity (Wildman–Crippen MR) is 158 cm³/mol. The van der Waals surface area contributed by atoms with Crippen LogP contribution in [0.25, 0.3) is 0 Å². The number of rotatable bonds is 16. The summed E-state index contributed by atoms with van der Waals surface area (Å²) in [6.45, 7) is 6.01. The molecule has 0 aliphatic heterocycles. The standard InChI is InChI=1S/C24H41Cl2N3O10P2/c1-23(2,3)39-22(31)29(15-12-25,16-13-26)19-9-7-18(8-10-19)17-20(27)21(30)28-14-6-4-5-11-24(32,40(33,34)35)41(36,37)38/h7-10,20,32H,4-6,11-17,27H2,1-3H3,(H4-,28,30,33,34,35,36,37,38)/p+1/t20-/m0/s1. The van der Waals surface area contributed by atoms with Gasteiger partial charge in [0.2, 0.25) is 5.91 Å². The Morgan fingerprint density at radius 1 is 0.976 bits per heavy atom. The summed E-state index contributed by atoms with van der Waals surface area (Å²) in [6.07, 6.45) is -0.650. The number of quaternary nitrogens is 1. The van der Waals surface area contributed by atoms with E-state index in [0.717, 1.165) is 5.56 Å². The van der Waals surface area contributed by atoms with Crippen LogP contribution in [0.4, 0.5) is 10.5 Å². The van der Waals surface area contributed by atoms with Crippen molar-refractivity contribution in [2.24, 2.45) is 5.73 Å². The highest BCUT2D eigenvalue weighted by Gasteiger charge is 2.58. The molecule has 0 bridgehead atoms. The number of nitrogens with zero attached hydrogens (tertiary/aromatic N) is 1. The highest BCUT2D eigenvalue weighted by Crippen LogP contribution is 2.69. The number of aliphatic hydroxyl groups is 1. The monoisotopic (exact) mass is 664 g/mol. The topological polar surface area (TPSA) is 217 Å². The van der Waals surface area contributed by atoms with Gasteiger partial charge in [-0.1, -0.05) is 18.6 Å². The smallest absolute Gasteiger partial charge is 0.414 e. The van der Waals surface area contributed by atoms with Crippen LogP contribution in [0.1, 0.15) is 52.0 Å². The molecule has 8 N–H and O–H groups in total. The van der Waals surface area contributed by atoms with Crippen molar-refractivity contribution in [1.82, 2.24) is 9.80 Å². The Labute approximate surface area is 250 Å². The van der Waals surface area contributed by atoms with Crippen molar-refractivity contribution in [3.63, 3.8) is 0 Å². The third-order valence-corrected chi connectivity index (χ3v) is 10.5. The minimum atomic E-state index is -5.49. The zero-order valence-electron chi connectivity index (χ0n) is 23.4. The van der Waals surface area contributed by atoms with E-state index < -0.39 is 50.3 Å². The third kappa shape index (κ3) is 10.9. The molecule has 17 heteroatoms. The lowest BCUT2D eigenvalue weighted by molar-refractivity contribution is -0.122. The average molecular weight is 665 g/mol. The third-order valence-electron chi connectivity index (χ3n) is 6.32. The van der Waals surface area contributed by atoms with E-state index in [0.29, 0.717) is 12.1 Å². The van der Waals surface area contributed by atoms with E-state index >= 15 is 0 Å². The van der Waals surface area contributed by atoms with Gasteiger partial charge in [0.25, 0.3) is 5.08 Å². The maximum Gasteiger partial charge on any atom is 0.521 e. The van der Waals surface area contributed by atoms with Crippen molar-refractivity contribution in [1.29, 1.82) is 0 Å². The van der Waals surface area contributed by atoms with E-state index in [4.69, 9.17) is 53.2 Å². The molecule has 1 rings (SSSR count). The summed E-state index contributed by atoms with van der Waals surface area (Å²) in [5, 5.41) is 9.08. The second kappa shape index (κ2) is 15.6. The number of benzene rings is 1. The predicted octanol–water partition coefficient (Wildman–Crippen LogP) is 2.95. The molecule has 0 radical (unpaired) electrons. The van der Waals surface area contributed by atoms with Gasteiger partial charge in [-0.25, -0.2) is 0 Å². The van der Waals surface area contributed by atoms with Gasteiger partial charge >= 0.3 is 21.3 Å². The number of unbranched alkanes of at least 4 members (excludes halogenated alkanes) is 2. The van der Waals surface area contributed by atoms with Crippen LogP contribution in [0.3, 0.4) is 0 Å². The van der Waals surface area contributed by atoms with Crippen molar-refractivity contribution in [3.05, 3.63) is 29.8 Å². The minimum Gasteiger partial charge on any atom is -0.414 e. The minimum absolute atomic E-state index is 0.0995. The van der Waals surface area contributed by atoms with Crippen molar-refractivity contribution in [2.45, 2.75) is 69.6 Å². The fourth-order valence-corrected chi connectivity index (χ4v) is 6.86. The number of alkyl halides is 2. The number of amides is 2. The van der Waals surface area contributed by atoms with Crippen LogP contribution in [-0.4, -0.2) is 84.8 Å². The van der Waals surface area contributed by atoms with Gasteiger partial charge in [-0.3, -0.25) is 13.9 Å². The molecule has 0 saturated carbocycles. The Hall–Kier alpha value is -1.08. The van der Waals surface area contributed by atoms with Crippen LogP contribution >= 0.6 is 38.4 Å². The zero-order valence-corrected chi connectivity index (χ0v) is 26.7. The fraction of sp³-hybridized carbons (Fsp3) is 0.667. The molecule has 0 aromatic heterocycles. The normalized spacial score (nSPS) is 14.0. The summed E-state index contributed by atoms with van der Waals surface area (Å²) < 4.78 is 28.2. The van der Waals surface area contributed by atoms with Gasteiger partial charge in [0, 0.05) is 18.7 Å². The first-order valence-corrected chi connectivity index (χ1v) is 17.2. The zero-order chi connectivity index (χ0) is 31.7. The highest BCUT2D eigenvalue weighted by molar-refractivity contribution is 7.72. The van der Waals surface area contributed by atoms with E-state index in [1.165, 1.54) is 0 Å². The summed E-state index contributed by atoms with van der Waals surface area (Å²) >= 11 is 12.1. The maximum absolute atomic E-state index is 13.2. The summed E-state index contributed by atoms with van der Waals surface area (Å²) in [6, 6.07) is 6.11. The van der Waals surface area contributed by atoms with Crippen LogP contribution < -0.4 is 15.5 Å². The lowest BCUT2D eigenvalue weighted by atomic mass is 10.0. The molecular formula is C24H42Cl2N3O10P2+. The molecule has 0 saturated heterocycles. The maximum atomic E-state index is 13.2. The van der Waals surface area contributed by atoms with Gasteiger partial charge in [-0.2, -0.15) is 9.28 Å². The van der Waals surface area contributed by atoms with E-state index in [2.05, 4.69) is 5.32 Å². The second-order valence-electron chi connectivity index (χ2n) is 10.7. The van der Waals surface area contributed by atoms with Crippen molar-refractivity contribution in [2.75, 3.05) is 31.4 Å². The first-order chi connectivity index (χ1) is 18.7. The van der Waals surface area contributed by atoms with Crippen LogP contribution in [0.2, 0.25) is 0 Å². The molecule has 2 amide bonds. The molecule has 0 fully saturated rings. The number of nitrogens with two attached hydrogens (primary N) is 1. The van der Waals surface area contributed by atoms with E-state index in [9.17, 15) is 23.8 Å². The van der Waals surface area contributed by atoms with Gasteiger partial charge in [0.15, 0.2) is 0 Å². The van der Waals surface area contributed by atoms with Crippen LogP contribution in [0.5, 0.6) is 0 Å². The molecule has 0 aliphatic carbocycles. The van der Waals surface area contributed by atoms with Gasteiger partial charge in [-0.15, -0.1) is 23.2 Å². The first kappa shape index (κ1) is 37.9. The first-order valence-electron chi connectivity index (χ1n) is 12.9. The SMILES string of the molecule is CC(C)(C)OC(=O)[N+](CCCl)(CCCl)c1ccc(C[C@H](N)C(=O)NCCCCCC(O)(P(=O)(O)O)P(=O)(O)O)cc1. The number of nitrogens with one attached hydrogen (secondary N) is 1. The molecule has 1 aromatic rings. The lowest BCUT2D eigenvalue weighted by Crippen LogP contribution is -2.58. The van der Waals surface area contributed by atoms with E-state index in [1.54, 1.807) is 45.0 Å². The molecule has 1 atom stereocenters. The fourth-order valence-electron chi connectivity index (χ4n) is 4.03.